The molecule has 3 aromatic rings. The summed E-state index contributed by atoms with van der Waals surface area (Å²) in [5, 5.41) is 5.59. The molecule has 0 saturated heterocycles. The fourth-order valence-electron chi connectivity index (χ4n) is 3.16. The second kappa shape index (κ2) is 12.9. The molecular formula is C26H29N3O5S2. The number of nitrogens with one attached hydrogen (secondary N) is 3. The Labute approximate surface area is 217 Å². The van der Waals surface area contributed by atoms with Gasteiger partial charge in [0.25, 0.3) is 15.9 Å². The highest BCUT2D eigenvalue weighted by atomic mass is 32.2. The monoisotopic (exact) mass is 527 g/mol. The molecule has 0 spiro atoms. The third kappa shape index (κ3) is 7.69. The number of ether oxygens (including phenoxy) is 2. The first-order valence-electron chi connectivity index (χ1n) is 11.5. The molecule has 8 nitrogen and oxygen atoms in total. The van der Waals surface area contributed by atoms with Crippen LogP contribution in [0.15, 0.2) is 77.7 Å². The molecule has 0 heterocycles. The molecule has 0 aliphatic heterocycles. The van der Waals surface area contributed by atoms with E-state index in [-0.39, 0.29) is 10.0 Å². The predicted octanol–water partition coefficient (Wildman–Crippen LogP) is 5.19. The molecule has 0 unspecified atom stereocenters. The molecule has 0 aromatic heterocycles. The molecule has 190 valence electrons. The molecule has 0 aliphatic carbocycles. The van der Waals surface area contributed by atoms with Gasteiger partial charge < -0.3 is 14.8 Å². The maximum atomic E-state index is 12.7. The summed E-state index contributed by atoms with van der Waals surface area (Å²) < 4.78 is 39.0. The number of thiocarbonyl (C=S) groups is 1. The number of para-hydroxylation sites is 1. The Morgan fingerprint density at radius 2 is 1.56 bits per heavy atom. The fourth-order valence-corrected chi connectivity index (χ4v) is 4.43. The van der Waals surface area contributed by atoms with Gasteiger partial charge in [-0.3, -0.25) is 14.8 Å². The van der Waals surface area contributed by atoms with E-state index in [0.29, 0.717) is 41.7 Å². The van der Waals surface area contributed by atoms with Gasteiger partial charge in [0, 0.05) is 11.4 Å². The lowest BCUT2D eigenvalue weighted by atomic mass is 10.2. The number of anilines is 2. The number of amides is 1. The number of hydrogen-bond acceptors (Lipinski definition) is 6. The third-order valence-corrected chi connectivity index (χ3v) is 6.56. The Balaban J connectivity index is 1.59. The first-order valence-corrected chi connectivity index (χ1v) is 13.4. The molecule has 0 radical (unpaired) electrons. The van der Waals surface area contributed by atoms with Crippen molar-refractivity contribution in [3.63, 3.8) is 0 Å². The van der Waals surface area contributed by atoms with Gasteiger partial charge in [-0.25, -0.2) is 8.42 Å². The van der Waals surface area contributed by atoms with Gasteiger partial charge in [0.2, 0.25) is 0 Å². The van der Waals surface area contributed by atoms with Crippen LogP contribution in [0.5, 0.6) is 11.5 Å². The first kappa shape index (κ1) is 27.0. The second-order valence-electron chi connectivity index (χ2n) is 7.69. The van der Waals surface area contributed by atoms with Crippen molar-refractivity contribution >= 4 is 44.6 Å². The zero-order valence-electron chi connectivity index (χ0n) is 20.1. The zero-order valence-corrected chi connectivity index (χ0v) is 21.7. The van der Waals surface area contributed by atoms with E-state index in [1.54, 1.807) is 60.7 Å². The van der Waals surface area contributed by atoms with Gasteiger partial charge in [-0.05, 0) is 86.2 Å². The Morgan fingerprint density at radius 1 is 0.889 bits per heavy atom. The summed E-state index contributed by atoms with van der Waals surface area (Å²) in [5.41, 5.74) is 1.32. The number of carbonyl (C=O) groups excluding carboxylic acids is 1. The minimum atomic E-state index is -3.79. The quantitative estimate of drug-likeness (QED) is 0.233. The van der Waals surface area contributed by atoms with E-state index in [9.17, 15) is 13.2 Å². The van der Waals surface area contributed by atoms with Gasteiger partial charge in [0.15, 0.2) is 5.11 Å². The highest BCUT2D eigenvalue weighted by Crippen LogP contribution is 2.21. The van der Waals surface area contributed by atoms with Crippen LogP contribution in [0, 0.1) is 0 Å². The number of sulfonamides is 1. The SMILES string of the molecule is CCCCOc1ccccc1C(=O)NC(=S)Nc1ccc(S(=O)(=O)Nc2ccc(OCC)cc2)cc1. The van der Waals surface area contributed by atoms with Gasteiger partial charge >= 0.3 is 0 Å². The average molecular weight is 528 g/mol. The highest BCUT2D eigenvalue weighted by molar-refractivity contribution is 7.92. The van der Waals surface area contributed by atoms with Gasteiger partial charge in [0.1, 0.15) is 11.5 Å². The molecule has 3 aromatic carbocycles. The number of rotatable bonds is 11. The van der Waals surface area contributed by atoms with Crippen molar-refractivity contribution in [2.75, 3.05) is 23.3 Å². The van der Waals surface area contributed by atoms with E-state index in [2.05, 4.69) is 22.3 Å². The van der Waals surface area contributed by atoms with Crippen LogP contribution in [0.3, 0.4) is 0 Å². The van der Waals surface area contributed by atoms with Crippen LogP contribution in [0.4, 0.5) is 11.4 Å². The van der Waals surface area contributed by atoms with Crippen LogP contribution in [0.2, 0.25) is 0 Å². The maximum absolute atomic E-state index is 12.7. The lowest BCUT2D eigenvalue weighted by molar-refractivity contribution is 0.0973. The largest absolute Gasteiger partial charge is 0.494 e. The topological polar surface area (TPSA) is 106 Å². The minimum Gasteiger partial charge on any atom is -0.494 e. The maximum Gasteiger partial charge on any atom is 0.261 e. The van der Waals surface area contributed by atoms with Gasteiger partial charge in [-0.2, -0.15) is 0 Å². The van der Waals surface area contributed by atoms with Gasteiger partial charge in [0.05, 0.1) is 23.7 Å². The molecule has 0 saturated carbocycles. The smallest absolute Gasteiger partial charge is 0.261 e. The van der Waals surface area contributed by atoms with Crippen LogP contribution in [-0.4, -0.2) is 32.7 Å². The van der Waals surface area contributed by atoms with Crippen LogP contribution in [0.25, 0.3) is 0 Å². The van der Waals surface area contributed by atoms with Crippen molar-refractivity contribution in [1.29, 1.82) is 0 Å². The standard InChI is InChI=1S/C26H29N3O5S2/c1-3-5-18-34-24-9-7-6-8-23(24)25(30)28-26(35)27-19-12-16-22(17-13-19)36(31,32)29-20-10-14-21(15-11-20)33-4-2/h6-17,29H,3-5,18H2,1-2H3,(H2,27,28,30,35). The molecule has 0 bridgehead atoms. The average Bonchev–Trinajstić information content (AvgIpc) is 2.86. The van der Waals surface area contributed by atoms with Crippen molar-refractivity contribution < 1.29 is 22.7 Å². The number of hydrogen-bond donors (Lipinski definition) is 3. The second-order valence-corrected chi connectivity index (χ2v) is 9.78. The molecule has 10 heteroatoms. The van der Waals surface area contributed by atoms with E-state index < -0.39 is 15.9 Å². The van der Waals surface area contributed by atoms with E-state index in [1.807, 2.05) is 6.92 Å². The van der Waals surface area contributed by atoms with Crippen molar-refractivity contribution in [2.45, 2.75) is 31.6 Å². The van der Waals surface area contributed by atoms with Crippen molar-refractivity contribution in [2.24, 2.45) is 0 Å². The third-order valence-electron chi connectivity index (χ3n) is 4.95. The van der Waals surface area contributed by atoms with Crippen LogP contribution in [-0.2, 0) is 10.0 Å². The Hall–Kier alpha value is -3.63. The summed E-state index contributed by atoms with van der Waals surface area (Å²) in [6.07, 6.45) is 1.87. The molecule has 0 fully saturated rings. The molecule has 1 amide bonds. The molecule has 0 atom stereocenters. The lowest BCUT2D eigenvalue weighted by Crippen LogP contribution is -2.34. The Bertz CT molecular complexity index is 1280. The first-order chi connectivity index (χ1) is 17.3. The zero-order chi connectivity index (χ0) is 26.0. The molecule has 0 aliphatic rings. The summed E-state index contributed by atoms with van der Waals surface area (Å²) >= 11 is 5.26. The molecule has 36 heavy (non-hydrogen) atoms. The summed E-state index contributed by atoms with van der Waals surface area (Å²) in [5.74, 6) is 0.741. The van der Waals surface area contributed by atoms with Gasteiger partial charge in [-0.15, -0.1) is 0 Å². The summed E-state index contributed by atoms with van der Waals surface area (Å²) in [7, 11) is -3.79. The van der Waals surface area contributed by atoms with E-state index in [1.165, 1.54) is 12.1 Å². The summed E-state index contributed by atoms with van der Waals surface area (Å²) in [6.45, 7) is 4.98. The summed E-state index contributed by atoms with van der Waals surface area (Å²) in [6, 6.07) is 19.6. The molecule has 3 rings (SSSR count). The van der Waals surface area contributed by atoms with Crippen LogP contribution >= 0.6 is 12.2 Å². The fraction of sp³-hybridized carbons (Fsp3) is 0.231. The number of carbonyl (C=O) groups is 1. The highest BCUT2D eigenvalue weighted by Gasteiger charge is 2.16. The molecular weight excluding hydrogens is 498 g/mol. The number of unbranched alkanes of at least 4 members (excludes halogenated alkanes) is 1. The Kier molecular flexibility index (Phi) is 9.66. The van der Waals surface area contributed by atoms with Crippen molar-refractivity contribution in [3.05, 3.63) is 78.4 Å². The van der Waals surface area contributed by atoms with E-state index >= 15 is 0 Å². The van der Waals surface area contributed by atoms with E-state index in [4.69, 9.17) is 21.7 Å². The van der Waals surface area contributed by atoms with Crippen molar-refractivity contribution in [3.8, 4) is 11.5 Å². The van der Waals surface area contributed by atoms with E-state index in [0.717, 1.165) is 12.8 Å². The van der Waals surface area contributed by atoms with Crippen molar-refractivity contribution in [1.82, 2.24) is 5.32 Å². The van der Waals surface area contributed by atoms with Crippen LogP contribution < -0.4 is 24.8 Å². The normalized spacial score (nSPS) is 10.8. The summed E-state index contributed by atoms with van der Waals surface area (Å²) in [4.78, 5) is 12.8. The predicted molar refractivity (Wildman–Crippen MR) is 145 cm³/mol. The molecule has 3 N–H and O–H groups in total. The van der Waals surface area contributed by atoms with Crippen LogP contribution in [0.1, 0.15) is 37.0 Å². The Morgan fingerprint density at radius 3 is 2.22 bits per heavy atom. The van der Waals surface area contributed by atoms with Gasteiger partial charge in [-0.1, -0.05) is 25.5 Å². The number of benzene rings is 3. The lowest BCUT2D eigenvalue weighted by Gasteiger charge is -2.13. The minimum absolute atomic E-state index is 0.0754.